The van der Waals surface area contributed by atoms with Gasteiger partial charge in [0.15, 0.2) is 0 Å². The zero-order valence-corrected chi connectivity index (χ0v) is 14.0. The van der Waals surface area contributed by atoms with Gasteiger partial charge in [0, 0.05) is 32.4 Å². The zero-order valence-electron chi connectivity index (χ0n) is 14.0. The van der Waals surface area contributed by atoms with Crippen LogP contribution in [0.1, 0.15) is 29.8 Å². The van der Waals surface area contributed by atoms with E-state index in [4.69, 9.17) is 9.15 Å². The van der Waals surface area contributed by atoms with Gasteiger partial charge in [-0.3, -0.25) is 9.78 Å². The van der Waals surface area contributed by atoms with E-state index < -0.39 is 0 Å². The van der Waals surface area contributed by atoms with Gasteiger partial charge in [0.2, 0.25) is 0 Å². The second-order valence-electron chi connectivity index (χ2n) is 6.70. The third-order valence-electron chi connectivity index (χ3n) is 5.22. The van der Waals surface area contributed by atoms with Crippen LogP contribution in [0.4, 0.5) is 0 Å². The zero-order chi connectivity index (χ0) is 16.5. The minimum atomic E-state index is -0.0225. The Kier molecular flexibility index (Phi) is 4.24. The summed E-state index contributed by atoms with van der Waals surface area (Å²) in [5, 5.41) is 0.781. The van der Waals surface area contributed by atoms with Gasteiger partial charge in [-0.1, -0.05) is 0 Å². The number of furan rings is 1. The monoisotopic (exact) mass is 329 g/mol. The van der Waals surface area contributed by atoms with Crippen LogP contribution in [-0.2, 0) is 4.74 Å². The number of fused-ring (bicyclic) bond motifs is 1. The van der Waals surface area contributed by atoms with Gasteiger partial charge in [-0.15, -0.1) is 0 Å². The van der Waals surface area contributed by atoms with Crippen LogP contribution in [0.5, 0.6) is 0 Å². The SMILES string of the molecule is CO[C@H]1C[C@@H](CN2CCCC2)N(C(=O)c2nccc3occc23)C1. The molecule has 0 N–H and O–H groups in total. The summed E-state index contributed by atoms with van der Waals surface area (Å²) in [6.07, 6.45) is 6.74. The number of amides is 1. The first-order valence-electron chi connectivity index (χ1n) is 8.64. The summed E-state index contributed by atoms with van der Waals surface area (Å²) in [7, 11) is 1.72. The highest BCUT2D eigenvalue weighted by molar-refractivity contribution is 6.04. The van der Waals surface area contributed by atoms with Gasteiger partial charge >= 0.3 is 0 Å². The minimum Gasteiger partial charge on any atom is -0.464 e. The summed E-state index contributed by atoms with van der Waals surface area (Å²) < 4.78 is 10.9. The molecule has 128 valence electrons. The summed E-state index contributed by atoms with van der Waals surface area (Å²) in [6, 6.07) is 3.79. The predicted molar refractivity (Wildman–Crippen MR) is 89.9 cm³/mol. The molecule has 0 radical (unpaired) electrons. The van der Waals surface area contributed by atoms with Crippen molar-refractivity contribution in [1.82, 2.24) is 14.8 Å². The van der Waals surface area contributed by atoms with Gasteiger partial charge in [0.25, 0.3) is 5.91 Å². The maximum absolute atomic E-state index is 13.2. The Morgan fingerprint density at radius 3 is 3.00 bits per heavy atom. The van der Waals surface area contributed by atoms with Gasteiger partial charge in [-0.2, -0.15) is 0 Å². The molecule has 2 aromatic heterocycles. The number of hydrogen-bond donors (Lipinski definition) is 0. The molecule has 0 unspecified atom stereocenters. The Hall–Kier alpha value is -1.92. The molecule has 24 heavy (non-hydrogen) atoms. The highest BCUT2D eigenvalue weighted by Gasteiger charge is 2.38. The summed E-state index contributed by atoms with van der Waals surface area (Å²) >= 11 is 0. The van der Waals surface area contributed by atoms with Crippen molar-refractivity contribution in [3.8, 4) is 0 Å². The molecule has 0 aliphatic carbocycles. The van der Waals surface area contributed by atoms with E-state index >= 15 is 0 Å². The van der Waals surface area contributed by atoms with Crippen molar-refractivity contribution in [2.24, 2.45) is 0 Å². The average Bonchev–Trinajstić information content (AvgIpc) is 3.34. The predicted octanol–water partition coefficient (Wildman–Crippen LogP) is 2.15. The molecule has 2 atom stereocenters. The van der Waals surface area contributed by atoms with E-state index in [1.165, 1.54) is 12.8 Å². The van der Waals surface area contributed by atoms with Crippen molar-refractivity contribution in [2.75, 3.05) is 33.3 Å². The number of hydrogen-bond acceptors (Lipinski definition) is 5. The van der Waals surface area contributed by atoms with E-state index in [0.717, 1.165) is 31.4 Å². The minimum absolute atomic E-state index is 0.0225. The van der Waals surface area contributed by atoms with Gasteiger partial charge in [-0.05, 0) is 44.5 Å². The number of pyridine rings is 1. The Balaban J connectivity index is 1.59. The molecule has 0 aromatic carbocycles. The fourth-order valence-corrected chi connectivity index (χ4v) is 3.93. The second-order valence-corrected chi connectivity index (χ2v) is 6.70. The lowest BCUT2D eigenvalue weighted by atomic mass is 10.1. The molecular weight excluding hydrogens is 306 g/mol. The smallest absolute Gasteiger partial charge is 0.273 e. The fraction of sp³-hybridized carbons (Fsp3) is 0.556. The number of carbonyl (C=O) groups is 1. The summed E-state index contributed by atoms with van der Waals surface area (Å²) in [6.45, 7) is 3.81. The van der Waals surface area contributed by atoms with Crippen molar-refractivity contribution in [1.29, 1.82) is 0 Å². The van der Waals surface area contributed by atoms with Crippen LogP contribution in [-0.4, -0.2) is 66.1 Å². The summed E-state index contributed by atoms with van der Waals surface area (Å²) in [4.78, 5) is 21.9. The molecule has 4 heterocycles. The lowest BCUT2D eigenvalue weighted by molar-refractivity contribution is 0.0666. The van der Waals surface area contributed by atoms with E-state index in [-0.39, 0.29) is 18.1 Å². The molecule has 2 aliphatic rings. The van der Waals surface area contributed by atoms with Crippen LogP contribution in [0.25, 0.3) is 11.0 Å². The fourth-order valence-electron chi connectivity index (χ4n) is 3.93. The number of methoxy groups -OCH3 is 1. The molecule has 6 nitrogen and oxygen atoms in total. The van der Waals surface area contributed by atoms with E-state index in [0.29, 0.717) is 17.8 Å². The van der Waals surface area contributed by atoms with Gasteiger partial charge in [0.1, 0.15) is 11.3 Å². The number of ether oxygens (including phenoxy) is 1. The molecule has 0 saturated carbocycles. The molecule has 4 rings (SSSR count). The van der Waals surface area contributed by atoms with Crippen LogP contribution in [0.15, 0.2) is 29.0 Å². The number of likely N-dealkylation sites (tertiary alicyclic amines) is 2. The molecule has 2 aliphatic heterocycles. The maximum Gasteiger partial charge on any atom is 0.273 e. The van der Waals surface area contributed by atoms with Crippen molar-refractivity contribution in [3.05, 3.63) is 30.3 Å². The van der Waals surface area contributed by atoms with Gasteiger partial charge in [0.05, 0.1) is 17.8 Å². The van der Waals surface area contributed by atoms with E-state index in [1.807, 2.05) is 11.0 Å². The largest absolute Gasteiger partial charge is 0.464 e. The van der Waals surface area contributed by atoms with E-state index in [1.54, 1.807) is 25.6 Å². The van der Waals surface area contributed by atoms with Crippen LogP contribution in [0, 0.1) is 0 Å². The Morgan fingerprint density at radius 1 is 1.38 bits per heavy atom. The molecule has 2 aromatic rings. The lowest BCUT2D eigenvalue weighted by Gasteiger charge is -2.28. The number of rotatable bonds is 4. The van der Waals surface area contributed by atoms with Crippen molar-refractivity contribution >= 4 is 16.9 Å². The normalized spacial score (nSPS) is 25.0. The topological polar surface area (TPSA) is 58.8 Å². The lowest BCUT2D eigenvalue weighted by Crippen LogP contribution is -2.43. The van der Waals surface area contributed by atoms with Gasteiger partial charge in [-0.25, -0.2) is 0 Å². The Morgan fingerprint density at radius 2 is 2.21 bits per heavy atom. The average molecular weight is 329 g/mol. The van der Waals surface area contributed by atoms with E-state index in [2.05, 4.69) is 9.88 Å². The standard InChI is InChI=1S/C18H23N3O3/c1-23-14-10-13(11-20-7-2-3-8-20)21(12-14)18(22)17-15-5-9-24-16(15)4-6-19-17/h4-6,9,13-14H,2-3,7-8,10-12H2,1H3/t13-,14-/m0/s1. The quantitative estimate of drug-likeness (QED) is 0.860. The van der Waals surface area contributed by atoms with Crippen molar-refractivity contribution in [3.63, 3.8) is 0 Å². The molecular formula is C18H23N3O3. The number of nitrogens with zero attached hydrogens (tertiary/aromatic N) is 3. The number of aromatic nitrogens is 1. The molecule has 1 amide bonds. The van der Waals surface area contributed by atoms with Gasteiger partial charge < -0.3 is 19.0 Å². The first-order chi connectivity index (χ1) is 11.8. The van der Waals surface area contributed by atoms with Crippen LogP contribution < -0.4 is 0 Å². The summed E-state index contributed by atoms with van der Waals surface area (Å²) in [5.74, 6) is -0.0225. The Labute approximate surface area is 141 Å². The van der Waals surface area contributed by atoms with Crippen LogP contribution in [0.2, 0.25) is 0 Å². The highest BCUT2D eigenvalue weighted by Crippen LogP contribution is 2.26. The molecule has 0 spiro atoms. The van der Waals surface area contributed by atoms with Crippen LogP contribution >= 0.6 is 0 Å². The molecule has 0 bridgehead atoms. The van der Waals surface area contributed by atoms with E-state index in [9.17, 15) is 4.79 Å². The summed E-state index contributed by atoms with van der Waals surface area (Å²) in [5.41, 5.74) is 1.18. The van der Waals surface area contributed by atoms with Crippen molar-refractivity contribution in [2.45, 2.75) is 31.4 Å². The third-order valence-corrected chi connectivity index (χ3v) is 5.22. The van der Waals surface area contributed by atoms with Crippen molar-refractivity contribution < 1.29 is 13.9 Å². The first-order valence-corrected chi connectivity index (χ1v) is 8.64. The molecule has 2 fully saturated rings. The third kappa shape index (κ3) is 2.80. The highest BCUT2D eigenvalue weighted by atomic mass is 16.5. The second kappa shape index (κ2) is 6.53. The Bertz CT molecular complexity index is 723. The number of carbonyl (C=O) groups excluding carboxylic acids is 1. The molecule has 2 saturated heterocycles. The molecule has 6 heteroatoms. The van der Waals surface area contributed by atoms with Crippen LogP contribution in [0.3, 0.4) is 0 Å². The first kappa shape index (κ1) is 15.6. The maximum atomic E-state index is 13.2.